The third kappa shape index (κ3) is 2.59. The van der Waals surface area contributed by atoms with Gasteiger partial charge in [-0.05, 0) is 23.5 Å². The smallest absolute Gasteiger partial charge is 0.170 e. The van der Waals surface area contributed by atoms with E-state index in [9.17, 15) is 4.39 Å². The summed E-state index contributed by atoms with van der Waals surface area (Å²) in [6.45, 7) is 4.02. The fourth-order valence-corrected chi connectivity index (χ4v) is 2.71. The minimum Gasteiger partial charge on any atom is -0.494 e. The highest BCUT2D eigenvalue weighted by molar-refractivity contribution is 7.05. The minimum absolute atomic E-state index is 0.191. The second-order valence-electron chi connectivity index (χ2n) is 4.52. The van der Waals surface area contributed by atoms with E-state index in [-0.39, 0.29) is 11.7 Å². The molecule has 0 spiro atoms. The quantitative estimate of drug-likeness (QED) is 0.936. The summed E-state index contributed by atoms with van der Waals surface area (Å²) >= 11 is 1.21. The lowest BCUT2D eigenvalue weighted by Crippen LogP contribution is -2.15. The third-order valence-corrected chi connectivity index (χ3v) is 3.74. The molecule has 0 saturated carbocycles. The van der Waals surface area contributed by atoms with Crippen molar-refractivity contribution in [3.05, 3.63) is 40.2 Å². The Kier molecular flexibility index (Phi) is 4.11. The first-order valence-electron chi connectivity index (χ1n) is 5.96. The van der Waals surface area contributed by atoms with Crippen LogP contribution in [0.25, 0.3) is 0 Å². The molecule has 0 aliphatic rings. The number of hydrogen-bond acceptors (Lipinski definition) is 5. The summed E-state index contributed by atoms with van der Waals surface area (Å²) in [6, 6.07) is 4.37. The summed E-state index contributed by atoms with van der Waals surface area (Å²) < 4.78 is 23.1. The van der Waals surface area contributed by atoms with Gasteiger partial charge in [0.25, 0.3) is 0 Å². The Labute approximate surface area is 115 Å². The van der Waals surface area contributed by atoms with Crippen LogP contribution < -0.4 is 10.5 Å². The largest absolute Gasteiger partial charge is 0.494 e. The van der Waals surface area contributed by atoms with Crippen LogP contribution in [0.3, 0.4) is 0 Å². The van der Waals surface area contributed by atoms with Crippen molar-refractivity contribution in [3.8, 4) is 5.75 Å². The number of nitrogens with two attached hydrogens (primary N) is 1. The monoisotopic (exact) mass is 281 g/mol. The van der Waals surface area contributed by atoms with Gasteiger partial charge in [-0.25, -0.2) is 4.39 Å². The lowest BCUT2D eigenvalue weighted by atomic mass is 10.0. The van der Waals surface area contributed by atoms with Crippen molar-refractivity contribution in [1.82, 2.24) is 9.59 Å². The molecule has 1 heterocycles. The molecule has 0 fully saturated rings. The van der Waals surface area contributed by atoms with Crippen LogP contribution in [0.1, 0.15) is 41.9 Å². The van der Waals surface area contributed by atoms with Crippen molar-refractivity contribution in [2.45, 2.75) is 25.8 Å². The predicted molar refractivity (Wildman–Crippen MR) is 73.0 cm³/mol. The topological polar surface area (TPSA) is 61.0 Å². The van der Waals surface area contributed by atoms with Gasteiger partial charge < -0.3 is 10.5 Å². The molecule has 6 heteroatoms. The highest BCUT2D eigenvalue weighted by atomic mass is 32.1. The van der Waals surface area contributed by atoms with E-state index in [0.29, 0.717) is 5.56 Å². The molecule has 0 aliphatic heterocycles. The van der Waals surface area contributed by atoms with E-state index in [1.54, 1.807) is 18.2 Å². The zero-order chi connectivity index (χ0) is 14.0. The molecule has 2 rings (SSSR count). The molecule has 1 aromatic heterocycles. The second kappa shape index (κ2) is 5.63. The van der Waals surface area contributed by atoms with Crippen LogP contribution >= 0.6 is 11.5 Å². The molecule has 0 aliphatic carbocycles. The third-order valence-electron chi connectivity index (χ3n) is 2.92. The number of ether oxygens (including phenoxy) is 1. The Morgan fingerprint density at radius 2 is 2.11 bits per heavy atom. The molecule has 2 N–H and O–H groups in total. The van der Waals surface area contributed by atoms with Crippen molar-refractivity contribution in [1.29, 1.82) is 0 Å². The number of hydrogen-bond donors (Lipinski definition) is 1. The van der Waals surface area contributed by atoms with E-state index < -0.39 is 11.9 Å². The molecule has 102 valence electrons. The van der Waals surface area contributed by atoms with E-state index in [1.807, 2.05) is 13.8 Å². The van der Waals surface area contributed by atoms with E-state index >= 15 is 0 Å². The summed E-state index contributed by atoms with van der Waals surface area (Å²) in [7, 11) is 1.43. The number of methoxy groups -OCH3 is 1. The maximum atomic E-state index is 14.2. The van der Waals surface area contributed by atoms with Gasteiger partial charge >= 0.3 is 0 Å². The number of rotatable bonds is 4. The SMILES string of the molecule is COc1cccc(C(N)c2snnc2C(C)C)c1F. The van der Waals surface area contributed by atoms with Gasteiger partial charge in [0.05, 0.1) is 23.7 Å². The predicted octanol–water partition coefficient (Wildman–Crippen LogP) is 2.86. The summed E-state index contributed by atoms with van der Waals surface area (Å²) in [4.78, 5) is 0.794. The molecule has 2 aromatic rings. The average molecular weight is 281 g/mol. The van der Waals surface area contributed by atoms with Crippen LogP contribution in [0.15, 0.2) is 18.2 Å². The van der Waals surface area contributed by atoms with Crippen LogP contribution in [0.5, 0.6) is 5.75 Å². The minimum atomic E-state index is -0.576. The average Bonchev–Trinajstić information content (AvgIpc) is 2.87. The Morgan fingerprint density at radius 1 is 1.37 bits per heavy atom. The molecular weight excluding hydrogens is 265 g/mol. The number of halogens is 1. The molecule has 0 amide bonds. The van der Waals surface area contributed by atoms with Crippen LogP contribution in [-0.2, 0) is 0 Å². The highest BCUT2D eigenvalue weighted by Gasteiger charge is 2.23. The zero-order valence-electron chi connectivity index (χ0n) is 11.1. The van der Waals surface area contributed by atoms with E-state index in [4.69, 9.17) is 10.5 Å². The van der Waals surface area contributed by atoms with Gasteiger partial charge in [-0.15, -0.1) is 5.10 Å². The van der Waals surface area contributed by atoms with Crippen molar-refractivity contribution >= 4 is 11.5 Å². The molecule has 0 saturated heterocycles. The zero-order valence-corrected chi connectivity index (χ0v) is 11.9. The summed E-state index contributed by atoms with van der Waals surface area (Å²) in [5, 5.41) is 4.07. The molecule has 19 heavy (non-hydrogen) atoms. The fourth-order valence-electron chi connectivity index (χ4n) is 1.89. The van der Waals surface area contributed by atoms with Gasteiger partial charge in [0.1, 0.15) is 0 Å². The Balaban J connectivity index is 2.44. The first-order chi connectivity index (χ1) is 9.06. The van der Waals surface area contributed by atoms with E-state index in [1.165, 1.54) is 18.6 Å². The van der Waals surface area contributed by atoms with Crippen LogP contribution in [0.2, 0.25) is 0 Å². The van der Waals surface area contributed by atoms with E-state index in [2.05, 4.69) is 9.59 Å². The van der Waals surface area contributed by atoms with Gasteiger partial charge in [0.2, 0.25) is 0 Å². The normalized spacial score (nSPS) is 12.7. The van der Waals surface area contributed by atoms with Gasteiger partial charge in [-0.1, -0.05) is 30.5 Å². The molecule has 0 radical (unpaired) electrons. The Hall–Kier alpha value is -1.53. The number of benzene rings is 1. The Bertz CT molecular complexity index is 571. The fraction of sp³-hybridized carbons (Fsp3) is 0.385. The van der Waals surface area contributed by atoms with Gasteiger partial charge in [-0.2, -0.15) is 0 Å². The van der Waals surface area contributed by atoms with Gasteiger partial charge in [0, 0.05) is 5.56 Å². The lowest BCUT2D eigenvalue weighted by Gasteiger charge is -2.14. The maximum Gasteiger partial charge on any atom is 0.170 e. The first-order valence-corrected chi connectivity index (χ1v) is 6.73. The van der Waals surface area contributed by atoms with Crippen molar-refractivity contribution in [2.75, 3.05) is 7.11 Å². The molecule has 4 nitrogen and oxygen atoms in total. The standard InChI is InChI=1S/C13H16FN3OS/c1-7(2)12-13(19-17-16-12)11(15)8-5-4-6-9(18-3)10(8)14/h4-7,11H,15H2,1-3H3. The van der Waals surface area contributed by atoms with Crippen molar-refractivity contribution in [3.63, 3.8) is 0 Å². The molecule has 1 atom stereocenters. The van der Waals surface area contributed by atoms with Gasteiger partial charge in [0.15, 0.2) is 11.6 Å². The Morgan fingerprint density at radius 3 is 2.74 bits per heavy atom. The van der Waals surface area contributed by atoms with Crippen molar-refractivity contribution in [2.24, 2.45) is 5.73 Å². The second-order valence-corrected chi connectivity index (χ2v) is 5.30. The van der Waals surface area contributed by atoms with E-state index in [0.717, 1.165) is 10.6 Å². The molecule has 1 unspecified atom stereocenters. The number of nitrogens with zero attached hydrogens (tertiary/aromatic N) is 2. The molecular formula is C13H16FN3OS. The maximum absolute atomic E-state index is 14.2. The lowest BCUT2D eigenvalue weighted by molar-refractivity contribution is 0.383. The summed E-state index contributed by atoms with van der Waals surface area (Å²) in [6.07, 6.45) is 0. The summed E-state index contributed by atoms with van der Waals surface area (Å²) in [5.41, 5.74) is 7.37. The first kappa shape index (κ1) is 13.9. The highest BCUT2D eigenvalue weighted by Crippen LogP contribution is 2.32. The van der Waals surface area contributed by atoms with Crippen LogP contribution in [0, 0.1) is 5.82 Å². The van der Waals surface area contributed by atoms with Crippen LogP contribution in [-0.4, -0.2) is 16.7 Å². The number of aromatic nitrogens is 2. The van der Waals surface area contributed by atoms with Gasteiger partial charge in [-0.3, -0.25) is 0 Å². The summed E-state index contributed by atoms with van der Waals surface area (Å²) in [5.74, 6) is -0.0365. The molecule has 0 bridgehead atoms. The van der Waals surface area contributed by atoms with Crippen molar-refractivity contribution < 1.29 is 9.13 Å². The van der Waals surface area contributed by atoms with Crippen LogP contribution in [0.4, 0.5) is 4.39 Å². The molecule has 1 aromatic carbocycles.